The number of rotatable bonds is 7. The summed E-state index contributed by atoms with van der Waals surface area (Å²) in [7, 11) is 1.77. The summed E-state index contributed by atoms with van der Waals surface area (Å²) in [4.78, 5) is 37.7. The van der Waals surface area contributed by atoms with Gasteiger partial charge in [0.1, 0.15) is 6.54 Å². The summed E-state index contributed by atoms with van der Waals surface area (Å²) in [5.41, 5.74) is 2.34. The fourth-order valence-electron chi connectivity index (χ4n) is 2.89. The van der Waals surface area contributed by atoms with Crippen molar-refractivity contribution in [2.24, 2.45) is 0 Å². The van der Waals surface area contributed by atoms with E-state index >= 15 is 0 Å². The number of nitrogens with zero attached hydrogens (tertiary/aromatic N) is 1. The molecule has 0 spiro atoms. The highest BCUT2D eigenvalue weighted by molar-refractivity contribution is 7.80. The molecule has 0 bridgehead atoms. The van der Waals surface area contributed by atoms with Gasteiger partial charge < -0.3 is 30.3 Å². The van der Waals surface area contributed by atoms with Gasteiger partial charge in [0.25, 0.3) is 0 Å². The summed E-state index contributed by atoms with van der Waals surface area (Å²) < 4.78 is 9.99. The summed E-state index contributed by atoms with van der Waals surface area (Å²) in [6.45, 7) is 5.49. The molecular weight excluding hydrogens is 408 g/mol. The molecule has 1 aromatic carbocycles. The Morgan fingerprint density at radius 2 is 1.90 bits per heavy atom. The van der Waals surface area contributed by atoms with Gasteiger partial charge in [-0.2, -0.15) is 0 Å². The summed E-state index contributed by atoms with van der Waals surface area (Å²) in [6.07, 6.45) is 0. The van der Waals surface area contributed by atoms with Crippen LogP contribution in [0, 0.1) is 0 Å². The number of thiocarbonyl (C=S) groups is 1. The molecule has 1 unspecified atom stereocenters. The van der Waals surface area contributed by atoms with E-state index in [1.165, 1.54) is 0 Å². The monoisotopic (exact) mass is 434 g/mol. The van der Waals surface area contributed by atoms with Gasteiger partial charge in [-0.3, -0.25) is 4.79 Å². The van der Waals surface area contributed by atoms with Gasteiger partial charge in [-0.15, -0.1) is 0 Å². The first kappa shape index (κ1) is 23.1. The second kappa shape index (κ2) is 10.6. The fraction of sp³-hybridized carbons (Fsp3) is 0.400. The number of hydrogen-bond donors (Lipinski definition) is 3. The van der Waals surface area contributed by atoms with Crippen molar-refractivity contribution >= 4 is 41.0 Å². The molecule has 9 nitrogen and oxygen atoms in total. The van der Waals surface area contributed by atoms with E-state index in [1.807, 2.05) is 6.07 Å². The number of amides is 2. The molecule has 162 valence electrons. The first-order valence-electron chi connectivity index (χ1n) is 9.51. The van der Waals surface area contributed by atoms with Crippen LogP contribution in [-0.4, -0.2) is 54.8 Å². The molecule has 1 heterocycles. The molecule has 30 heavy (non-hydrogen) atoms. The molecule has 0 aromatic heterocycles. The lowest BCUT2D eigenvalue weighted by molar-refractivity contribution is -0.142. The lowest BCUT2D eigenvalue weighted by Crippen LogP contribution is -2.46. The van der Waals surface area contributed by atoms with Crippen LogP contribution in [0.25, 0.3) is 0 Å². The molecule has 10 heteroatoms. The zero-order chi connectivity index (χ0) is 22.3. The molecule has 3 N–H and O–H groups in total. The molecule has 2 rings (SSSR count). The lowest BCUT2D eigenvalue weighted by atomic mass is 9.95. The zero-order valence-corrected chi connectivity index (χ0v) is 18.2. The number of carbonyl (C=O) groups excluding carboxylic acids is 3. The molecule has 1 atom stereocenters. The van der Waals surface area contributed by atoms with E-state index in [9.17, 15) is 14.4 Å². The Morgan fingerprint density at radius 1 is 1.20 bits per heavy atom. The van der Waals surface area contributed by atoms with Gasteiger partial charge in [-0.25, -0.2) is 9.59 Å². The molecular formula is C20H26N4O5S. The van der Waals surface area contributed by atoms with Crippen molar-refractivity contribution in [1.29, 1.82) is 0 Å². The highest BCUT2D eigenvalue weighted by Gasteiger charge is 2.33. The Hall–Kier alpha value is -3.14. The second-order valence-corrected chi connectivity index (χ2v) is 6.79. The van der Waals surface area contributed by atoms with Crippen LogP contribution in [0.2, 0.25) is 0 Å². The number of ether oxygens (including phenoxy) is 2. The van der Waals surface area contributed by atoms with Gasteiger partial charge in [0, 0.05) is 18.4 Å². The normalized spacial score (nSPS) is 15.9. The van der Waals surface area contributed by atoms with E-state index < -0.39 is 24.0 Å². The van der Waals surface area contributed by atoms with Crippen LogP contribution in [-0.2, 0) is 19.1 Å². The van der Waals surface area contributed by atoms with Gasteiger partial charge in [0.05, 0.1) is 24.8 Å². The highest BCUT2D eigenvalue weighted by atomic mass is 32.1. The Labute approximate surface area is 180 Å². The van der Waals surface area contributed by atoms with E-state index in [-0.39, 0.29) is 19.8 Å². The largest absolute Gasteiger partial charge is 0.465 e. The maximum absolute atomic E-state index is 12.6. The lowest BCUT2D eigenvalue weighted by Gasteiger charge is -2.35. The van der Waals surface area contributed by atoms with Gasteiger partial charge >= 0.3 is 18.0 Å². The number of urea groups is 1. The molecule has 0 fully saturated rings. The fourth-order valence-corrected chi connectivity index (χ4v) is 3.15. The van der Waals surface area contributed by atoms with E-state index in [0.717, 1.165) is 5.56 Å². The van der Waals surface area contributed by atoms with Crippen molar-refractivity contribution in [3.63, 3.8) is 0 Å². The summed E-state index contributed by atoms with van der Waals surface area (Å²) in [6, 6.07) is 5.90. The van der Waals surface area contributed by atoms with Crippen LogP contribution < -0.4 is 16.0 Å². The van der Waals surface area contributed by atoms with Crippen molar-refractivity contribution in [3.8, 4) is 0 Å². The van der Waals surface area contributed by atoms with Gasteiger partial charge in [0.2, 0.25) is 0 Å². The number of allylic oxidation sites excluding steroid dienone is 1. The average Bonchev–Trinajstić information content (AvgIpc) is 2.70. The number of esters is 2. The first-order chi connectivity index (χ1) is 14.3. The van der Waals surface area contributed by atoms with Crippen LogP contribution in [0.3, 0.4) is 0 Å². The predicted molar refractivity (Wildman–Crippen MR) is 116 cm³/mol. The van der Waals surface area contributed by atoms with Crippen molar-refractivity contribution in [2.45, 2.75) is 26.8 Å². The van der Waals surface area contributed by atoms with Gasteiger partial charge in [0.15, 0.2) is 5.11 Å². The third-order valence-electron chi connectivity index (χ3n) is 4.43. The molecule has 0 saturated heterocycles. The molecule has 1 aliphatic heterocycles. The highest BCUT2D eigenvalue weighted by Crippen LogP contribution is 2.31. The standard InChI is InChI=1S/C20H26N4O5S/c1-5-28-15(25)11-21-19(27)22-14-9-7-8-13(10-14)17-16(18(26)29-6-2)12(3)24(4)20(30)23-17/h7-10,17H,5-6,11H2,1-4H3,(H,23,30)(H2,21,22,27). The van der Waals surface area contributed by atoms with Crippen LogP contribution in [0.15, 0.2) is 35.5 Å². The zero-order valence-electron chi connectivity index (χ0n) is 17.4. The minimum absolute atomic E-state index is 0.237. The summed E-state index contributed by atoms with van der Waals surface area (Å²) >= 11 is 5.37. The van der Waals surface area contributed by atoms with E-state index in [4.69, 9.17) is 21.7 Å². The maximum atomic E-state index is 12.6. The molecule has 0 aliphatic carbocycles. The second-order valence-electron chi connectivity index (χ2n) is 6.40. The topological polar surface area (TPSA) is 109 Å². The van der Waals surface area contributed by atoms with Crippen LogP contribution in [0.5, 0.6) is 0 Å². The third-order valence-corrected chi connectivity index (χ3v) is 4.82. The van der Waals surface area contributed by atoms with Crippen molar-refractivity contribution in [3.05, 3.63) is 41.1 Å². The van der Waals surface area contributed by atoms with E-state index in [0.29, 0.717) is 22.1 Å². The molecule has 2 amide bonds. The Kier molecular flexibility index (Phi) is 8.16. The summed E-state index contributed by atoms with van der Waals surface area (Å²) in [5.74, 6) is -0.961. The number of carbonyl (C=O) groups is 3. The van der Waals surface area contributed by atoms with Crippen LogP contribution in [0.4, 0.5) is 10.5 Å². The molecule has 1 aromatic rings. The van der Waals surface area contributed by atoms with Crippen molar-refractivity contribution in [1.82, 2.24) is 15.5 Å². The number of anilines is 1. The Balaban J connectivity index is 2.22. The predicted octanol–water partition coefficient (Wildman–Crippen LogP) is 2.07. The molecule has 1 aliphatic rings. The minimum Gasteiger partial charge on any atom is -0.465 e. The molecule has 0 saturated carbocycles. The minimum atomic E-state index is -0.551. The van der Waals surface area contributed by atoms with Gasteiger partial charge in [-0.05, 0) is 50.7 Å². The number of benzene rings is 1. The van der Waals surface area contributed by atoms with Gasteiger partial charge in [-0.1, -0.05) is 12.1 Å². The van der Waals surface area contributed by atoms with Crippen LogP contribution in [0.1, 0.15) is 32.4 Å². The molecule has 0 radical (unpaired) electrons. The SMILES string of the molecule is CCOC(=O)CNC(=O)Nc1cccc(C2NC(=S)N(C)C(C)=C2C(=O)OCC)c1. The van der Waals surface area contributed by atoms with E-state index in [2.05, 4.69) is 16.0 Å². The number of nitrogens with one attached hydrogen (secondary N) is 3. The quantitative estimate of drug-likeness (QED) is 0.442. The first-order valence-corrected chi connectivity index (χ1v) is 9.91. The van der Waals surface area contributed by atoms with Crippen molar-refractivity contribution in [2.75, 3.05) is 32.1 Å². The Bertz CT molecular complexity index is 871. The van der Waals surface area contributed by atoms with Crippen molar-refractivity contribution < 1.29 is 23.9 Å². The average molecular weight is 435 g/mol. The Morgan fingerprint density at radius 3 is 2.57 bits per heavy atom. The maximum Gasteiger partial charge on any atom is 0.338 e. The smallest absolute Gasteiger partial charge is 0.338 e. The summed E-state index contributed by atoms with van der Waals surface area (Å²) in [5, 5.41) is 8.70. The number of hydrogen-bond acceptors (Lipinski definition) is 6. The van der Waals surface area contributed by atoms with E-state index in [1.54, 1.807) is 50.9 Å². The third kappa shape index (κ3) is 5.69. The van der Waals surface area contributed by atoms with Crippen LogP contribution >= 0.6 is 12.2 Å².